The van der Waals surface area contributed by atoms with Gasteiger partial charge in [0.05, 0.1) is 19.7 Å². The number of rotatable bonds is 7. The minimum absolute atomic E-state index is 0.433. The van der Waals surface area contributed by atoms with Crippen LogP contribution in [-0.4, -0.2) is 77.8 Å². The predicted molar refractivity (Wildman–Crippen MR) is 107 cm³/mol. The highest BCUT2D eigenvalue weighted by atomic mass is 31.2. The van der Waals surface area contributed by atoms with Crippen LogP contribution in [-0.2, 0) is 6.42 Å². The van der Waals surface area contributed by atoms with Crippen LogP contribution in [0, 0.1) is 0 Å². The predicted octanol–water partition coefficient (Wildman–Crippen LogP) is 1.63. The van der Waals surface area contributed by atoms with Gasteiger partial charge in [-0.1, -0.05) is 6.92 Å². The maximum atomic E-state index is 9.13. The Kier molecular flexibility index (Phi) is 6.65. The summed E-state index contributed by atoms with van der Waals surface area (Å²) in [7, 11) is 1.42. The Hall–Kier alpha value is -1.73. The first-order valence-electron chi connectivity index (χ1n) is 9.11. The Morgan fingerprint density at radius 3 is 2.30 bits per heavy atom. The quantitative estimate of drug-likeness (QED) is 0.685. The van der Waals surface area contributed by atoms with Gasteiger partial charge in [-0.2, -0.15) is 0 Å². The van der Waals surface area contributed by atoms with E-state index in [1.807, 2.05) is 19.1 Å². The van der Waals surface area contributed by atoms with E-state index >= 15 is 0 Å². The van der Waals surface area contributed by atoms with Crippen molar-refractivity contribution in [1.82, 2.24) is 14.9 Å². The van der Waals surface area contributed by atoms with E-state index in [9.17, 15) is 0 Å². The minimum atomic E-state index is -1.82. The van der Waals surface area contributed by atoms with E-state index in [0.717, 1.165) is 55.1 Å². The van der Waals surface area contributed by atoms with Gasteiger partial charge in [0.2, 0.25) is 0 Å². The van der Waals surface area contributed by atoms with Crippen LogP contribution in [0.4, 0.5) is 5.82 Å². The van der Waals surface area contributed by atoms with Crippen LogP contribution in [0.3, 0.4) is 0 Å². The van der Waals surface area contributed by atoms with Crippen molar-refractivity contribution in [3.05, 3.63) is 18.0 Å². The number of hydrogen-bond acceptors (Lipinski definition) is 8. The van der Waals surface area contributed by atoms with E-state index in [0.29, 0.717) is 24.2 Å². The molecule has 0 saturated carbocycles. The molecule has 0 radical (unpaired) electrons. The van der Waals surface area contributed by atoms with E-state index < -0.39 is 8.38 Å². The molecule has 0 aliphatic carbocycles. The Bertz CT molecular complexity index is 782. The Morgan fingerprint density at radius 2 is 1.70 bits per heavy atom. The third-order valence-corrected chi connectivity index (χ3v) is 5.43. The summed E-state index contributed by atoms with van der Waals surface area (Å²) < 4.78 is 10.9. The van der Waals surface area contributed by atoms with Crippen molar-refractivity contribution in [1.29, 1.82) is 0 Å². The summed E-state index contributed by atoms with van der Waals surface area (Å²) in [6, 6.07) is 3.85. The molecule has 148 valence electrons. The maximum absolute atomic E-state index is 9.13. The lowest BCUT2D eigenvalue weighted by Crippen LogP contribution is -2.47. The highest BCUT2D eigenvalue weighted by molar-refractivity contribution is 7.45. The maximum Gasteiger partial charge on any atom is 0.166 e. The number of ether oxygens (including phenoxy) is 2. The van der Waals surface area contributed by atoms with Gasteiger partial charge >= 0.3 is 0 Å². The molecule has 1 aliphatic rings. The number of nitrogens with zero attached hydrogens (tertiary/aromatic N) is 4. The lowest BCUT2D eigenvalue weighted by Gasteiger charge is -2.36. The molecule has 8 nitrogen and oxygen atoms in total. The molecular weight excluding hydrogens is 367 g/mol. The molecular formula is C18H27N4O4P. The fraction of sp³-hybridized carbons (Fsp3) is 0.556. The van der Waals surface area contributed by atoms with Gasteiger partial charge in [0.25, 0.3) is 0 Å². The van der Waals surface area contributed by atoms with Crippen molar-refractivity contribution < 1.29 is 19.3 Å². The molecule has 2 heterocycles. The Balaban J connectivity index is 1.89. The van der Waals surface area contributed by atoms with Crippen LogP contribution in [0.1, 0.15) is 12.7 Å². The van der Waals surface area contributed by atoms with Crippen molar-refractivity contribution in [2.24, 2.45) is 0 Å². The average molecular weight is 394 g/mol. The molecule has 0 unspecified atom stereocenters. The molecule has 3 rings (SSSR count). The van der Waals surface area contributed by atoms with Crippen molar-refractivity contribution in [2.75, 3.05) is 58.0 Å². The van der Waals surface area contributed by atoms with Gasteiger partial charge < -0.3 is 24.2 Å². The standard InChI is InChI=1S/C18H27N4O4P/c1-4-17-19-14-12-16(26-3)15(25-2)11-13(14)18(20-17)22-7-5-21(6-8-22)9-10-27(23)24/h11-12,23-24H,4-10H2,1-3H3. The van der Waals surface area contributed by atoms with Crippen LogP contribution < -0.4 is 14.4 Å². The lowest BCUT2D eigenvalue weighted by molar-refractivity contribution is 0.269. The molecule has 0 amide bonds. The van der Waals surface area contributed by atoms with Crippen LogP contribution >= 0.6 is 8.38 Å². The SMILES string of the molecule is CCc1nc(N2CCN(CCP(O)O)CC2)c2cc(OC)c(OC)cc2n1. The number of aryl methyl sites for hydroxylation is 1. The van der Waals surface area contributed by atoms with Gasteiger partial charge in [-0.05, 0) is 6.07 Å². The molecule has 0 bridgehead atoms. The summed E-state index contributed by atoms with van der Waals surface area (Å²) in [5.74, 6) is 3.05. The van der Waals surface area contributed by atoms with Crippen molar-refractivity contribution in [2.45, 2.75) is 13.3 Å². The summed E-state index contributed by atoms with van der Waals surface area (Å²) >= 11 is 0. The van der Waals surface area contributed by atoms with E-state index in [1.54, 1.807) is 14.2 Å². The summed E-state index contributed by atoms with van der Waals surface area (Å²) in [5.41, 5.74) is 0.850. The lowest BCUT2D eigenvalue weighted by atomic mass is 10.1. The number of benzene rings is 1. The fourth-order valence-corrected chi connectivity index (χ4v) is 3.76. The molecule has 0 spiro atoms. The average Bonchev–Trinajstić information content (AvgIpc) is 2.70. The molecule has 1 aliphatic heterocycles. The number of fused-ring (bicyclic) bond motifs is 1. The Morgan fingerprint density at radius 1 is 1.04 bits per heavy atom. The number of hydrogen-bond donors (Lipinski definition) is 2. The van der Waals surface area contributed by atoms with Crippen molar-refractivity contribution in [3.8, 4) is 11.5 Å². The second-order valence-electron chi connectivity index (χ2n) is 6.47. The normalized spacial score (nSPS) is 15.6. The first-order valence-corrected chi connectivity index (χ1v) is 10.5. The monoisotopic (exact) mass is 394 g/mol. The van der Waals surface area contributed by atoms with Crippen LogP contribution in [0.15, 0.2) is 12.1 Å². The van der Waals surface area contributed by atoms with E-state index in [-0.39, 0.29) is 0 Å². The van der Waals surface area contributed by atoms with E-state index in [2.05, 4.69) is 14.8 Å². The van der Waals surface area contributed by atoms with E-state index in [4.69, 9.17) is 24.2 Å². The second-order valence-corrected chi connectivity index (χ2v) is 7.66. The van der Waals surface area contributed by atoms with Gasteiger partial charge in [-0.15, -0.1) is 0 Å². The molecule has 1 aromatic carbocycles. The zero-order valence-corrected chi connectivity index (χ0v) is 16.9. The Labute approximate surface area is 160 Å². The highest BCUT2D eigenvalue weighted by Crippen LogP contribution is 2.35. The third-order valence-electron chi connectivity index (χ3n) is 4.83. The molecule has 2 aromatic rings. The van der Waals surface area contributed by atoms with Gasteiger partial charge in [0.15, 0.2) is 19.9 Å². The largest absolute Gasteiger partial charge is 0.493 e. The van der Waals surface area contributed by atoms with Gasteiger partial charge in [-0.25, -0.2) is 9.97 Å². The number of piperazine rings is 1. The van der Waals surface area contributed by atoms with Crippen LogP contribution in [0.2, 0.25) is 0 Å². The summed E-state index contributed by atoms with van der Waals surface area (Å²) in [4.78, 5) is 32.2. The van der Waals surface area contributed by atoms with Gasteiger partial charge in [-0.3, -0.25) is 4.90 Å². The topological polar surface area (TPSA) is 91.2 Å². The molecule has 1 aromatic heterocycles. The fourth-order valence-electron chi connectivity index (χ4n) is 3.30. The first kappa shape index (κ1) is 20.0. The molecule has 27 heavy (non-hydrogen) atoms. The summed E-state index contributed by atoms with van der Waals surface area (Å²) in [5, 5.41) is 0.951. The minimum Gasteiger partial charge on any atom is -0.493 e. The smallest absolute Gasteiger partial charge is 0.166 e. The number of methoxy groups -OCH3 is 2. The zero-order valence-electron chi connectivity index (χ0n) is 16.1. The first-order chi connectivity index (χ1) is 13.0. The molecule has 9 heteroatoms. The molecule has 2 N–H and O–H groups in total. The molecule has 1 fully saturated rings. The van der Waals surface area contributed by atoms with Gasteiger partial charge in [0, 0.05) is 56.8 Å². The highest BCUT2D eigenvalue weighted by Gasteiger charge is 2.22. The van der Waals surface area contributed by atoms with Crippen LogP contribution in [0.5, 0.6) is 11.5 Å². The second kappa shape index (κ2) is 8.97. The zero-order chi connectivity index (χ0) is 19.4. The third kappa shape index (κ3) is 4.58. The molecule has 0 atom stereocenters. The van der Waals surface area contributed by atoms with Crippen molar-refractivity contribution in [3.63, 3.8) is 0 Å². The van der Waals surface area contributed by atoms with Crippen molar-refractivity contribution >= 4 is 25.1 Å². The molecule has 1 saturated heterocycles. The van der Waals surface area contributed by atoms with Crippen LogP contribution in [0.25, 0.3) is 10.9 Å². The number of anilines is 1. The van der Waals surface area contributed by atoms with Gasteiger partial charge in [0.1, 0.15) is 11.6 Å². The summed E-state index contributed by atoms with van der Waals surface area (Å²) in [6.07, 6.45) is 1.19. The summed E-state index contributed by atoms with van der Waals surface area (Å²) in [6.45, 7) is 6.15. The van der Waals surface area contributed by atoms with E-state index in [1.165, 1.54) is 0 Å². The number of aromatic nitrogens is 2.